The molecule has 1 rings (SSSR count). The summed E-state index contributed by atoms with van der Waals surface area (Å²) in [5.41, 5.74) is 1.08. The molecule has 0 unspecified atom stereocenters. The van der Waals surface area contributed by atoms with E-state index in [1.165, 1.54) is 0 Å². The van der Waals surface area contributed by atoms with Crippen molar-refractivity contribution in [1.82, 2.24) is 0 Å². The van der Waals surface area contributed by atoms with Crippen molar-refractivity contribution in [3.63, 3.8) is 0 Å². The van der Waals surface area contributed by atoms with Crippen molar-refractivity contribution in [2.75, 3.05) is 0 Å². The first-order chi connectivity index (χ1) is 5.83. The smallest absolute Gasteiger partial charge is 0.870 e. The van der Waals surface area contributed by atoms with E-state index in [4.69, 9.17) is 0 Å². The van der Waals surface area contributed by atoms with Gasteiger partial charge in [-0.05, 0) is 12.8 Å². The van der Waals surface area contributed by atoms with Gasteiger partial charge < -0.3 is 10.3 Å². The number of hydrogen-bond donors (Lipinski definition) is 0. The summed E-state index contributed by atoms with van der Waals surface area (Å²) in [6, 6.07) is 9.55. The van der Waals surface area contributed by atoms with Crippen LogP contribution in [0.4, 0.5) is 0 Å². The Morgan fingerprint density at radius 1 is 1.36 bits per heavy atom. The molecule has 0 heterocycles. The second-order valence-corrected chi connectivity index (χ2v) is 2.58. The summed E-state index contributed by atoms with van der Waals surface area (Å²) in [5.74, 6) is 0. The maximum atomic E-state index is 10.8. The molecule has 14 heavy (non-hydrogen) atoms. The molecule has 0 saturated carbocycles. The zero-order valence-corrected chi connectivity index (χ0v) is 13.3. The van der Waals surface area contributed by atoms with Crippen LogP contribution in [0.3, 0.4) is 0 Å². The van der Waals surface area contributed by atoms with Crippen LogP contribution >= 0.6 is 0 Å². The molecular weight excluding hydrogens is 250 g/mol. The van der Waals surface area contributed by atoms with Crippen LogP contribution < -0.4 is 63.6 Å². The van der Waals surface area contributed by atoms with Gasteiger partial charge in [0.05, 0.1) is 5.43 Å². The van der Waals surface area contributed by atoms with Crippen molar-refractivity contribution >= 4 is 0 Å². The fourth-order valence-corrected chi connectivity index (χ4v) is 0.953. The molecule has 70 valence electrons. The second-order valence-electron chi connectivity index (χ2n) is 2.58. The van der Waals surface area contributed by atoms with Gasteiger partial charge in [0.15, 0.2) is 0 Å². The van der Waals surface area contributed by atoms with E-state index >= 15 is 0 Å². The summed E-state index contributed by atoms with van der Waals surface area (Å²) in [4.78, 5) is 10.8. The van der Waals surface area contributed by atoms with E-state index in [1.807, 2.05) is 18.2 Å². The first-order valence-corrected chi connectivity index (χ1v) is 3.95. The predicted molar refractivity (Wildman–Crippen MR) is 52.0 cm³/mol. The van der Waals surface area contributed by atoms with Crippen molar-refractivity contribution in [2.45, 2.75) is 12.8 Å². The van der Waals surface area contributed by atoms with Crippen molar-refractivity contribution in [2.24, 2.45) is 0 Å². The molecule has 0 aromatic heterocycles. The van der Waals surface area contributed by atoms with Crippen LogP contribution in [0.1, 0.15) is 12.0 Å². The van der Waals surface area contributed by atoms with Gasteiger partial charge in [0.2, 0.25) is 0 Å². The van der Waals surface area contributed by atoms with E-state index in [0.717, 1.165) is 18.4 Å². The Kier molecular flexibility index (Phi) is 11.9. The largest absolute Gasteiger partial charge is 1.00 e. The Hall–Kier alpha value is 0.395. The maximum absolute atomic E-state index is 10.8. The summed E-state index contributed by atoms with van der Waals surface area (Å²) in [5, 5.41) is 0. The Balaban J connectivity index is 0. The minimum Gasteiger partial charge on any atom is -0.870 e. The third-order valence-corrected chi connectivity index (χ3v) is 1.61. The molecule has 0 aliphatic rings. The molecule has 2 nitrogen and oxygen atoms in total. The van der Waals surface area contributed by atoms with Crippen LogP contribution in [0, 0.1) is 6.07 Å². The molecule has 0 spiro atoms. The molecule has 0 aliphatic carbocycles. The number of hydrogen-bond acceptors (Lipinski definition) is 2. The van der Waals surface area contributed by atoms with Crippen molar-refractivity contribution < 1.29 is 63.7 Å². The summed E-state index contributed by atoms with van der Waals surface area (Å²) in [6.45, 7) is 3.64. The number of aryl methyl sites for hydroxylation is 1. The topological polar surface area (TPSA) is 47.1 Å². The van der Waals surface area contributed by atoms with Gasteiger partial charge in [-0.3, -0.25) is 0 Å². The van der Waals surface area contributed by atoms with E-state index in [-0.39, 0.29) is 69.1 Å². The molecule has 1 aromatic rings. The second kappa shape index (κ2) is 9.93. The predicted octanol–water partition coefficient (Wildman–Crippen LogP) is -1.21. The van der Waals surface area contributed by atoms with Gasteiger partial charge in [-0.2, -0.15) is 12.1 Å². The van der Waals surface area contributed by atoms with Crippen molar-refractivity contribution in [3.05, 3.63) is 58.8 Å². The quantitative estimate of drug-likeness (QED) is 0.507. The van der Waals surface area contributed by atoms with Crippen LogP contribution in [-0.2, 0) is 6.42 Å². The Morgan fingerprint density at radius 2 is 2.07 bits per heavy atom. The average molecular weight is 262 g/mol. The van der Waals surface area contributed by atoms with Gasteiger partial charge in [-0.1, -0.05) is 6.08 Å². The Bertz CT molecular complexity index is 323. The minimum atomic E-state index is -0.0696. The first-order valence-electron chi connectivity index (χ1n) is 3.95. The van der Waals surface area contributed by atoms with E-state index in [9.17, 15) is 4.79 Å². The van der Waals surface area contributed by atoms with Gasteiger partial charge in [0.1, 0.15) is 0 Å². The summed E-state index contributed by atoms with van der Waals surface area (Å²) >= 11 is 0. The Labute approximate surface area is 133 Å². The molecule has 1 N–H and O–H groups in total. The van der Waals surface area contributed by atoms with Crippen LogP contribution in [0.2, 0.25) is 0 Å². The maximum Gasteiger partial charge on any atom is 1.00 e. The number of allylic oxidation sites excluding steroid dienone is 1. The van der Waals surface area contributed by atoms with E-state index in [0.29, 0.717) is 0 Å². The minimum absolute atomic E-state index is 0. The fraction of sp³-hybridized carbons (Fsp3) is 0.182. The van der Waals surface area contributed by atoms with Crippen LogP contribution in [-0.4, -0.2) is 5.48 Å². The van der Waals surface area contributed by atoms with Gasteiger partial charge in [0.25, 0.3) is 0 Å². The molecule has 3 heteroatoms. The molecule has 0 amide bonds. The van der Waals surface area contributed by atoms with E-state index in [2.05, 4.69) is 12.6 Å². The molecule has 0 saturated heterocycles. The third kappa shape index (κ3) is 6.79. The van der Waals surface area contributed by atoms with Crippen LogP contribution in [0.25, 0.3) is 0 Å². The monoisotopic (exact) mass is 261 g/mol. The number of rotatable bonds is 3. The average Bonchev–Trinajstić information content (AvgIpc) is 2.27. The molecule has 0 radical (unpaired) electrons. The first kappa shape index (κ1) is 16.8. The molecular formula is C11H12O2Rb-. The fourth-order valence-electron chi connectivity index (χ4n) is 0.953. The van der Waals surface area contributed by atoms with Gasteiger partial charge in [-0.25, -0.2) is 0 Å². The van der Waals surface area contributed by atoms with Crippen LogP contribution in [0.5, 0.6) is 0 Å². The molecule has 1 aromatic carbocycles. The van der Waals surface area contributed by atoms with Gasteiger partial charge in [0, 0.05) is 0 Å². The molecule has 0 aliphatic heterocycles. The zero-order valence-electron chi connectivity index (χ0n) is 8.36. The van der Waals surface area contributed by atoms with E-state index in [1.54, 1.807) is 12.1 Å². The molecule has 0 bridgehead atoms. The third-order valence-electron chi connectivity index (χ3n) is 1.61. The summed E-state index contributed by atoms with van der Waals surface area (Å²) < 4.78 is 0. The molecule has 0 fully saturated rings. The normalized spacial score (nSPS) is 8.00. The summed E-state index contributed by atoms with van der Waals surface area (Å²) in [7, 11) is 0. The van der Waals surface area contributed by atoms with Crippen molar-refractivity contribution in [3.8, 4) is 0 Å². The van der Waals surface area contributed by atoms with Crippen LogP contribution in [0.15, 0.2) is 41.7 Å². The molecule has 0 atom stereocenters. The van der Waals surface area contributed by atoms with E-state index < -0.39 is 0 Å². The SMILES string of the molecule is C=CCCc1cc[c-]c(=O)cc1.[OH-].[Rb+]. The van der Waals surface area contributed by atoms with Crippen molar-refractivity contribution in [1.29, 1.82) is 0 Å². The summed E-state index contributed by atoms with van der Waals surface area (Å²) in [6.07, 6.45) is 3.75. The zero-order chi connectivity index (χ0) is 8.81. The van der Waals surface area contributed by atoms with Gasteiger partial charge in [-0.15, -0.1) is 30.3 Å². The van der Waals surface area contributed by atoms with Gasteiger partial charge >= 0.3 is 58.2 Å². The Morgan fingerprint density at radius 3 is 2.71 bits per heavy atom. The standard InChI is InChI=1S/C11H11O.H2O.Rb/c1-2-3-5-10-6-4-7-11(12)9-8-10;;/h2,4,6,8-9H,1,3,5H2;1H2;/q-1;;+1/p-1.